The van der Waals surface area contributed by atoms with E-state index in [2.05, 4.69) is 29.9 Å². The Hall–Kier alpha value is -1.31. The number of H-pyrrole nitrogens is 1. The summed E-state index contributed by atoms with van der Waals surface area (Å²) in [5, 5.41) is 1.31. The number of nitrogens with zero attached hydrogens (tertiary/aromatic N) is 1. The first-order valence-corrected chi connectivity index (χ1v) is 4.67. The van der Waals surface area contributed by atoms with Gasteiger partial charge in [-0.05, 0) is 24.0 Å². The van der Waals surface area contributed by atoms with Gasteiger partial charge < -0.3 is 4.98 Å². The number of hydrogen-bond donors (Lipinski definition) is 1. The molecule has 2 heteroatoms. The monoisotopic (exact) mass is 174 g/mol. The van der Waals surface area contributed by atoms with Crippen LogP contribution in [0.3, 0.4) is 0 Å². The summed E-state index contributed by atoms with van der Waals surface area (Å²) < 4.78 is 0. The number of hydrogen-bond acceptors (Lipinski definition) is 1. The van der Waals surface area contributed by atoms with Crippen LogP contribution in [0.4, 0.5) is 0 Å². The van der Waals surface area contributed by atoms with Crippen molar-refractivity contribution >= 4 is 10.9 Å². The number of pyridine rings is 1. The molecule has 2 rings (SSSR count). The fourth-order valence-electron chi connectivity index (χ4n) is 1.64. The molecule has 0 fully saturated rings. The summed E-state index contributed by atoms with van der Waals surface area (Å²) in [5.74, 6) is 0.683. The Balaban J connectivity index is 2.48. The molecule has 0 saturated carbocycles. The maximum absolute atomic E-state index is 4.21. The molecule has 0 spiro atoms. The van der Waals surface area contributed by atoms with E-state index in [1.807, 2.05) is 18.6 Å². The number of fused-ring (bicyclic) bond motifs is 1. The van der Waals surface area contributed by atoms with Crippen molar-refractivity contribution in [3.8, 4) is 0 Å². The van der Waals surface area contributed by atoms with Crippen LogP contribution in [-0.2, 0) is 6.42 Å². The van der Waals surface area contributed by atoms with E-state index in [1.165, 1.54) is 10.9 Å². The zero-order valence-corrected chi connectivity index (χ0v) is 8.04. The van der Waals surface area contributed by atoms with Crippen LogP contribution < -0.4 is 0 Å². The van der Waals surface area contributed by atoms with Gasteiger partial charge in [0.2, 0.25) is 0 Å². The van der Waals surface area contributed by atoms with E-state index < -0.39 is 0 Å². The van der Waals surface area contributed by atoms with Crippen molar-refractivity contribution in [2.24, 2.45) is 5.92 Å². The molecule has 2 aromatic rings. The summed E-state index contributed by atoms with van der Waals surface area (Å²) in [4.78, 5) is 7.38. The Morgan fingerprint density at radius 2 is 2.23 bits per heavy atom. The fourth-order valence-corrected chi connectivity index (χ4v) is 1.64. The highest BCUT2D eigenvalue weighted by atomic mass is 14.7. The molecular formula is C11H14N2. The number of aromatic amines is 1. The van der Waals surface area contributed by atoms with E-state index in [0.29, 0.717) is 5.92 Å². The van der Waals surface area contributed by atoms with Crippen molar-refractivity contribution in [3.05, 3.63) is 30.2 Å². The number of rotatable bonds is 2. The number of nitrogens with one attached hydrogen (secondary N) is 1. The van der Waals surface area contributed by atoms with Gasteiger partial charge >= 0.3 is 0 Å². The molecule has 68 valence electrons. The van der Waals surface area contributed by atoms with Gasteiger partial charge in [0.25, 0.3) is 0 Å². The summed E-state index contributed by atoms with van der Waals surface area (Å²) in [6.45, 7) is 4.46. The Morgan fingerprint density at radius 1 is 1.38 bits per heavy atom. The van der Waals surface area contributed by atoms with Gasteiger partial charge in [-0.2, -0.15) is 0 Å². The van der Waals surface area contributed by atoms with E-state index in [4.69, 9.17) is 0 Å². The lowest BCUT2D eigenvalue weighted by Crippen LogP contribution is -1.95. The highest BCUT2D eigenvalue weighted by Gasteiger charge is 2.03. The average molecular weight is 174 g/mol. The van der Waals surface area contributed by atoms with Gasteiger partial charge in [-0.25, -0.2) is 0 Å². The van der Waals surface area contributed by atoms with Crippen molar-refractivity contribution in [3.63, 3.8) is 0 Å². The first kappa shape index (κ1) is 8.30. The van der Waals surface area contributed by atoms with Crippen molar-refractivity contribution in [1.82, 2.24) is 9.97 Å². The third-order valence-electron chi connectivity index (χ3n) is 2.19. The molecule has 0 radical (unpaired) electrons. The highest BCUT2D eigenvalue weighted by molar-refractivity contribution is 5.81. The molecule has 2 aromatic heterocycles. The number of aromatic nitrogens is 2. The molecule has 2 nitrogen and oxygen atoms in total. The molecule has 0 unspecified atom stereocenters. The second-order valence-corrected chi connectivity index (χ2v) is 3.84. The van der Waals surface area contributed by atoms with Gasteiger partial charge in [-0.3, -0.25) is 4.98 Å². The van der Waals surface area contributed by atoms with E-state index in [-0.39, 0.29) is 0 Å². The van der Waals surface area contributed by atoms with Crippen LogP contribution in [0.15, 0.2) is 24.7 Å². The Bertz CT molecular complexity index is 401. The van der Waals surface area contributed by atoms with Gasteiger partial charge in [-0.1, -0.05) is 13.8 Å². The second-order valence-electron chi connectivity index (χ2n) is 3.84. The fraction of sp³-hybridized carbons (Fsp3) is 0.364. The molecule has 0 amide bonds. The van der Waals surface area contributed by atoms with E-state index >= 15 is 0 Å². The summed E-state index contributed by atoms with van der Waals surface area (Å²) in [6.07, 6.45) is 6.91. The van der Waals surface area contributed by atoms with Crippen LogP contribution >= 0.6 is 0 Å². The topological polar surface area (TPSA) is 28.7 Å². The molecule has 13 heavy (non-hydrogen) atoms. The molecule has 0 saturated heterocycles. The molecule has 0 aliphatic carbocycles. The molecular weight excluding hydrogens is 160 g/mol. The first-order valence-electron chi connectivity index (χ1n) is 4.67. The molecule has 0 bridgehead atoms. The molecule has 0 aliphatic rings. The van der Waals surface area contributed by atoms with Crippen LogP contribution in [0.25, 0.3) is 10.9 Å². The third kappa shape index (κ3) is 1.57. The summed E-state index contributed by atoms with van der Waals surface area (Å²) in [7, 11) is 0. The average Bonchev–Trinajstić information content (AvgIpc) is 2.51. The highest BCUT2D eigenvalue weighted by Crippen LogP contribution is 2.18. The van der Waals surface area contributed by atoms with E-state index in [0.717, 1.165) is 11.9 Å². The van der Waals surface area contributed by atoms with Crippen LogP contribution in [0, 0.1) is 5.92 Å². The van der Waals surface area contributed by atoms with Gasteiger partial charge in [0.15, 0.2) is 0 Å². The predicted molar refractivity (Wildman–Crippen MR) is 54.6 cm³/mol. The molecule has 0 atom stereocenters. The molecule has 0 aromatic carbocycles. The van der Waals surface area contributed by atoms with Gasteiger partial charge in [0, 0.05) is 17.8 Å². The quantitative estimate of drug-likeness (QED) is 0.745. The SMILES string of the molecule is CC(C)Cc1cncc2[nH]ccc12. The Morgan fingerprint density at radius 3 is 3.00 bits per heavy atom. The summed E-state index contributed by atoms with van der Waals surface area (Å²) >= 11 is 0. The minimum absolute atomic E-state index is 0.683. The van der Waals surface area contributed by atoms with Gasteiger partial charge in [0.05, 0.1) is 11.7 Å². The maximum atomic E-state index is 4.21. The normalized spacial score (nSPS) is 11.3. The summed E-state index contributed by atoms with van der Waals surface area (Å²) in [6, 6.07) is 2.12. The minimum Gasteiger partial charge on any atom is -0.360 e. The van der Waals surface area contributed by atoms with Crippen molar-refractivity contribution in [2.75, 3.05) is 0 Å². The zero-order chi connectivity index (χ0) is 9.26. The zero-order valence-electron chi connectivity index (χ0n) is 8.04. The van der Waals surface area contributed by atoms with Crippen molar-refractivity contribution < 1.29 is 0 Å². The third-order valence-corrected chi connectivity index (χ3v) is 2.19. The van der Waals surface area contributed by atoms with E-state index in [1.54, 1.807) is 0 Å². The van der Waals surface area contributed by atoms with Crippen LogP contribution in [0.1, 0.15) is 19.4 Å². The molecule has 0 aliphatic heterocycles. The molecule has 1 N–H and O–H groups in total. The van der Waals surface area contributed by atoms with Gasteiger partial charge in [0.1, 0.15) is 0 Å². The lowest BCUT2D eigenvalue weighted by atomic mass is 10.0. The molecule has 2 heterocycles. The first-order chi connectivity index (χ1) is 6.27. The Kier molecular flexibility index (Phi) is 2.05. The van der Waals surface area contributed by atoms with Crippen LogP contribution in [0.5, 0.6) is 0 Å². The van der Waals surface area contributed by atoms with Crippen LogP contribution in [-0.4, -0.2) is 9.97 Å². The standard InChI is InChI=1S/C11H14N2/c1-8(2)5-9-6-12-7-11-10(9)3-4-13-11/h3-4,6-8,13H,5H2,1-2H3. The maximum Gasteiger partial charge on any atom is 0.0643 e. The summed E-state index contributed by atoms with van der Waals surface area (Å²) in [5.41, 5.74) is 2.48. The van der Waals surface area contributed by atoms with Crippen LogP contribution in [0.2, 0.25) is 0 Å². The van der Waals surface area contributed by atoms with Crippen molar-refractivity contribution in [2.45, 2.75) is 20.3 Å². The predicted octanol–water partition coefficient (Wildman–Crippen LogP) is 2.76. The Labute approximate surface area is 78.0 Å². The minimum atomic E-state index is 0.683. The van der Waals surface area contributed by atoms with Crippen molar-refractivity contribution in [1.29, 1.82) is 0 Å². The lowest BCUT2D eigenvalue weighted by molar-refractivity contribution is 0.649. The van der Waals surface area contributed by atoms with E-state index in [9.17, 15) is 0 Å². The largest absolute Gasteiger partial charge is 0.360 e. The van der Waals surface area contributed by atoms with Gasteiger partial charge in [-0.15, -0.1) is 0 Å². The smallest absolute Gasteiger partial charge is 0.0643 e. The second kappa shape index (κ2) is 3.21. The lowest BCUT2D eigenvalue weighted by Gasteiger charge is -2.05.